The lowest BCUT2D eigenvalue weighted by Gasteiger charge is -2.39. The van der Waals surface area contributed by atoms with E-state index in [0.29, 0.717) is 11.3 Å². The first-order valence-electron chi connectivity index (χ1n) is 6.92. The van der Waals surface area contributed by atoms with Gasteiger partial charge in [0.05, 0.1) is 6.61 Å². The number of fused-ring (bicyclic) bond motifs is 1. The van der Waals surface area contributed by atoms with Gasteiger partial charge in [0, 0.05) is 11.6 Å². The van der Waals surface area contributed by atoms with E-state index in [4.69, 9.17) is 9.47 Å². The van der Waals surface area contributed by atoms with Gasteiger partial charge in [0.1, 0.15) is 35.7 Å². The summed E-state index contributed by atoms with van der Waals surface area (Å²) in [6, 6.07) is 8.95. The summed E-state index contributed by atoms with van der Waals surface area (Å²) in [6.07, 6.45) is -4.95. The van der Waals surface area contributed by atoms with Gasteiger partial charge in [-0.1, -0.05) is 18.2 Å². The van der Waals surface area contributed by atoms with Gasteiger partial charge in [-0.25, -0.2) is 0 Å². The number of hydrogen-bond acceptors (Lipinski definition) is 7. The molecule has 22 heavy (non-hydrogen) atoms. The molecular formula is C15H17NO6. The highest BCUT2D eigenvalue weighted by Crippen LogP contribution is 2.28. The fourth-order valence-corrected chi connectivity index (χ4v) is 2.46. The van der Waals surface area contributed by atoms with Gasteiger partial charge in [-0.3, -0.25) is 4.98 Å². The number of aliphatic hydroxyl groups excluding tert-OH is 4. The van der Waals surface area contributed by atoms with Crippen LogP contribution in [0.4, 0.5) is 0 Å². The summed E-state index contributed by atoms with van der Waals surface area (Å²) in [4.78, 5) is 4.22. The molecule has 1 aromatic carbocycles. The average Bonchev–Trinajstić information content (AvgIpc) is 2.55. The van der Waals surface area contributed by atoms with E-state index in [9.17, 15) is 20.4 Å². The van der Waals surface area contributed by atoms with Crippen molar-refractivity contribution < 1.29 is 29.9 Å². The first-order valence-corrected chi connectivity index (χ1v) is 6.92. The van der Waals surface area contributed by atoms with Crippen LogP contribution in [0.2, 0.25) is 0 Å². The molecule has 0 bridgehead atoms. The van der Waals surface area contributed by atoms with Gasteiger partial charge in [-0.15, -0.1) is 0 Å². The van der Waals surface area contributed by atoms with Gasteiger partial charge < -0.3 is 29.9 Å². The Kier molecular flexibility index (Phi) is 4.23. The van der Waals surface area contributed by atoms with Gasteiger partial charge in [0.25, 0.3) is 0 Å². The molecule has 0 unspecified atom stereocenters. The summed E-state index contributed by atoms with van der Waals surface area (Å²) < 4.78 is 10.9. The van der Waals surface area contributed by atoms with Gasteiger partial charge in [0.2, 0.25) is 6.29 Å². The Morgan fingerprint density at radius 1 is 1.05 bits per heavy atom. The summed E-state index contributed by atoms with van der Waals surface area (Å²) in [6.45, 7) is -0.501. The minimum Gasteiger partial charge on any atom is -0.460 e. The van der Waals surface area contributed by atoms with Crippen LogP contribution in [-0.4, -0.2) is 62.7 Å². The third-order valence-corrected chi connectivity index (χ3v) is 3.69. The van der Waals surface area contributed by atoms with Crippen LogP contribution in [0.15, 0.2) is 36.5 Å². The predicted molar refractivity (Wildman–Crippen MR) is 76.1 cm³/mol. The summed E-state index contributed by atoms with van der Waals surface area (Å²) in [5, 5.41) is 39.5. The number of nitrogens with zero attached hydrogens (tertiary/aromatic N) is 1. The number of ether oxygens (including phenoxy) is 2. The standard InChI is InChI=1S/C15H17NO6/c17-7-10-12(18)13(19)14(20)15(22-10)21-9-5-1-3-8-4-2-6-16-11(8)9/h1-6,10,12-15,17-20H,7H2/t10-,12+,13+,14+,15+/m0/s1. The number of aromatic nitrogens is 1. The van der Waals surface area contributed by atoms with Crippen LogP contribution >= 0.6 is 0 Å². The van der Waals surface area contributed by atoms with Gasteiger partial charge >= 0.3 is 0 Å². The van der Waals surface area contributed by atoms with Crippen molar-refractivity contribution in [1.82, 2.24) is 4.98 Å². The molecule has 7 nitrogen and oxygen atoms in total. The fraction of sp³-hybridized carbons (Fsp3) is 0.400. The van der Waals surface area contributed by atoms with Crippen LogP contribution in [0, 0.1) is 0 Å². The Morgan fingerprint density at radius 2 is 1.82 bits per heavy atom. The zero-order valence-corrected chi connectivity index (χ0v) is 11.6. The molecule has 0 amide bonds. The molecular weight excluding hydrogens is 290 g/mol. The van der Waals surface area contributed by atoms with E-state index >= 15 is 0 Å². The second-order valence-electron chi connectivity index (χ2n) is 5.15. The summed E-state index contributed by atoms with van der Waals surface area (Å²) in [7, 11) is 0. The molecule has 118 valence electrons. The van der Waals surface area contributed by atoms with Crippen LogP contribution in [0.5, 0.6) is 5.75 Å². The lowest BCUT2D eigenvalue weighted by Crippen LogP contribution is -2.60. The van der Waals surface area contributed by atoms with Crippen LogP contribution < -0.4 is 4.74 Å². The molecule has 5 atom stereocenters. The largest absolute Gasteiger partial charge is 0.460 e. The molecule has 3 rings (SSSR count). The monoisotopic (exact) mass is 307 g/mol. The van der Waals surface area contributed by atoms with E-state index < -0.39 is 37.3 Å². The van der Waals surface area contributed by atoms with Crippen molar-refractivity contribution in [2.75, 3.05) is 6.61 Å². The van der Waals surface area contributed by atoms with Crippen LogP contribution in [0.3, 0.4) is 0 Å². The van der Waals surface area contributed by atoms with Crippen LogP contribution in [-0.2, 0) is 4.74 Å². The maximum absolute atomic E-state index is 9.99. The van der Waals surface area contributed by atoms with Crippen molar-refractivity contribution in [1.29, 1.82) is 0 Å². The third kappa shape index (κ3) is 2.65. The molecule has 2 aromatic rings. The van der Waals surface area contributed by atoms with E-state index in [0.717, 1.165) is 5.39 Å². The zero-order chi connectivity index (χ0) is 15.7. The highest BCUT2D eigenvalue weighted by molar-refractivity contribution is 5.84. The van der Waals surface area contributed by atoms with Crippen molar-refractivity contribution in [2.24, 2.45) is 0 Å². The van der Waals surface area contributed by atoms with E-state index in [2.05, 4.69) is 4.98 Å². The summed E-state index contributed by atoms with van der Waals surface area (Å²) >= 11 is 0. The van der Waals surface area contributed by atoms with E-state index in [-0.39, 0.29) is 0 Å². The van der Waals surface area contributed by atoms with Gasteiger partial charge in [0.15, 0.2) is 0 Å². The number of para-hydroxylation sites is 1. The molecule has 0 saturated carbocycles. The Morgan fingerprint density at radius 3 is 2.59 bits per heavy atom. The van der Waals surface area contributed by atoms with Crippen molar-refractivity contribution in [3.8, 4) is 5.75 Å². The summed E-state index contributed by atoms with van der Waals surface area (Å²) in [5.74, 6) is 0.377. The average molecular weight is 307 g/mol. The lowest BCUT2D eigenvalue weighted by atomic mass is 9.99. The minimum atomic E-state index is -1.47. The number of aliphatic hydroxyl groups is 4. The van der Waals surface area contributed by atoms with E-state index in [1.54, 1.807) is 24.4 Å². The quantitative estimate of drug-likeness (QED) is 0.600. The van der Waals surface area contributed by atoms with Crippen molar-refractivity contribution >= 4 is 10.9 Å². The molecule has 1 fully saturated rings. The highest BCUT2D eigenvalue weighted by Gasteiger charge is 2.44. The number of pyridine rings is 1. The molecule has 1 saturated heterocycles. The second kappa shape index (κ2) is 6.15. The van der Waals surface area contributed by atoms with Gasteiger partial charge in [-0.2, -0.15) is 0 Å². The number of hydrogen-bond donors (Lipinski definition) is 4. The Labute approximate surface area is 126 Å². The Hall–Kier alpha value is -1.77. The number of benzene rings is 1. The Balaban J connectivity index is 1.87. The predicted octanol–water partition coefficient (Wildman–Crippen LogP) is -0.587. The van der Waals surface area contributed by atoms with E-state index in [1.807, 2.05) is 12.1 Å². The highest BCUT2D eigenvalue weighted by atomic mass is 16.7. The molecule has 1 aromatic heterocycles. The minimum absolute atomic E-state index is 0.377. The maximum atomic E-state index is 9.99. The van der Waals surface area contributed by atoms with Crippen molar-refractivity contribution in [2.45, 2.75) is 30.7 Å². The Bertz CT molecular complexity index is 643. The maximum Gasteiger partial charge on any atom is 0.229 e. The van der Waals surface area contributed by atoms with Gasteiger partial charge in [-0.05, 0) is 12.1 Å². The summed E-state index contributed by atoms with van der Waals surface area (Å²) in [5.41, 5.74) is 0.585. The van der Waals surface area contributed by atoms with E-state index in [1.165, 1.54) is 0 Å². The lowest BCUT2D eigenvalue weighted by molar-refractivity contribution is -0.277. The molecule has 0 radical (unpaired) electrons. The zero-order valence-electron chi connectivity index (χ0n) is 11.6. The molecule has 0 aliphatic carbocycles. The normalized spacial score (nSPS) is 32.1. The molecule has 4 N–H and O–H groups in total. The molecule has 1 aliphatic rings. The fourth-order valence-electron chi connectivity index (χ4n) is 2.46. The smallest absolute Gasteiger partial charge is 0.229 e. The SMILES string of the molecule is OC[C@@H]1O[C@@H](Oc2cccc3cccnc23)[C@H](O)[C@H](O)[C@@H]1O. The molecule has 2 heterocycles. The van der Waals surface area contributed by atoms with Crippen molar-refractivity contribution in [3.05, 3.63) is 36.5 Å². The molecule has 1 aliphatic heterocycles. The van der Waals surface area contributed by atoms with Crippen LogP contribution in [0.25, 0.3) is 10.9 Å². The molecule has 7 heteroatoms. The first kappa shape index (κ1) is 15.1. The second-order valence-corrected chi connectivity index (χ2v) is 5.15. The third-order valence-electron chi connectivity index (χ3n) is 3.69. The van der Waals surface area contributed by atoms with Crippen LogP contribution in [0.1, 0.15) is 0 Å². The first-order chi connectivity index (χ1) is 10.6. The molecule has 0 spiro atoms. The topological polar surface area (TPSA) is 112 Å². The van der Waals surface area contributed by atoms with Crippen molar-refractivity contribution in [3.63, 3.8) is 0 Å². The number of rotatable bonds is 3.